The first-order valence-electron chi connectivity index (χ1n) is 6.59. The Morgan fingerprint density at radius 2 is 2.10 bits per heavy atom. The number of para-hydroxylation sites is 1. The highest BCUT2D eigenvalue weighted by Gasteiger charge is 2.08. The number of hydrogen-bond donors (Lipinski definition) is 2. The monoisotopic (exact) mass is 277 g/mol. The lowest BCUT2D eigenvalue weighted by atomic mass is 10.2. The molecule has 0 aliphatic heterocycles. The van der Waals surface area contributed by atoms with E-state index in [-0.39, 0.29) is 0 Å². The lowest BCUT2D eigenvalue weighted by Gasteiger charge is -2.13. The fourth-order valence-electron chi connectivity index (χ4n) is 1.75. The maximum absolute atomic E-state index is 5.39. The SMILES string of the molecule is C=CCNC(=NCc1cccc(OC)c1OC)NCC. The van der Waals surface area contributed by atoms with Crippen LogP contribution in [0.3, 0.4) is 0 Å². The highest BCUT2D eigenvalue weighted by atomic mass is 16.5. The molecule has 0 spiro atoms. The molecule has 5 heteroatoms. The van der Waals surface area contributed by atoms with E-state index in [0.29, 0.717) is 18.8 Å². The zero-order chi connectivity index (χ0) is 14.8. The van der Waals surface area contributed by atoms with Gasteiger partial charge in [0.2, 0.25) is 0 Å². The van der Waals surface area contributed by atoms with Gasteiger partial charge in [-0.1, -0.05) is 18.2 Å². The number of benzene rings is 1. The van der Waals surface area contributed by atoms with E-state index in [1.54, 1.807) is 20.3 Å². The molecular formula is C15H23N3O2. The van der Waals surface area contributed by atoms with Crippen molar-refractivity contribution in [3.05, 3.63) is 36.4 Å². The zero-order valence-electron chi connectivity index (χ0n) is 12.4. The maximum atomic E-state index is 5.39. The Morgan fingerprint density at radius 3 is 2.70 bits per heavy atom. The minimum Gasteiger partial charge on any atom is -0.493 e. The summed E-state index contributed by atoms with van der Waals surface area (Å²) in [7, 11) is 3.26. The topological polar surface area (TPSA) is 54.9 Å². The van der Waals surface area contributed by atoms with Crippen LogP contribution < -0.4 is 20.1 Å². The number of nitrogens with zero attached hydrogens (tertiary/aromatic N) is 1. The van der Waals surface area contributed by atoms with Crippen LogP contribution in [0.4, 0.5) is 0 Å². The number of nitrogens with one attached hydrogen (secondary N) is 2. The number of guanidine groups is 1. The summed E-state index contributed by atoms with van der Waals surface area (Å²) in [5, 5.41) is 6.33. The van der Waals surface area contributed by atoms with Gasteiger partial charge in [-0.15, -0.1) is 6.58 Å². The van der Waals surface area contributed by atoms with E-state index in [9.17, 15) is 0 Å². The molecule has 110 valence electrons. The Bertz CT molecular complexity index is 458. The summed E-state index contributed by atoms with van der Waals surface area (Å²) in [6.45, 7) is 7.68. The van der Waals surface area contributed by atoms with Gasteiger partial charge in [-0.3, -0.25) is 0 Å². The van der Waals surface area contributed by atoms with Gasteiger partial charge in [-0.25, -0.2) is 4.99 Å². The van der Waals surface area contributed by atoms with Crippen LogP contribution in [0.5, 0.6) is 11.5 Å². The third-order valence-corrected chi connectivity index (χ3v) is 2.65. The average molecular weight is 277 g/mol. The van der Waals surface area contributed by atoms with Gasteiger partial charge in [0.25, 0.3) is 0 Å². The molecule has 0 amide bonds. The van der Waals surface area contributed by atoms with Crippen molar-refractivity contribution >= 4 is 5.96 Å². The summed E-state index contributed by atoms with van der Waals surface area (Å²) < 4.78 is 10.7. The van der Waals surface area contributed by atoms with Crippen molar-refractivity contribution in [3.63, 3.8) is 0 Å². The second kappa shape index (κ2) is 8.85. The second-order valence-corrected chi connectivity index (χ2v) is 4.02. The van der Waals surface area contributed by atoms with E-state index < -0.39 is 0 Å². The minimum absolute atomic E-state index is 0.507. The Hall–Kier alpha value is -2.17. The Kier molecular flexibility index (Phi) is 7.03. The zero-order valence-corrected chi connectivity index (χ0v) is 12.4. The van der Waals surface area contributed by atoms with Crippen LogP contribution in [0.15, 0.2) is 35.8 Å². The summed E-state index contributed by atoms with van der Waals surface area (Å²) in [5.74, 6) is 2.18. The van der Waals surface area contributed by atoms with Crippen molar-refractivity contribution in [1.29, 1.82) is 0 Å². The molecule has 20 heavy (non-hydrogen) atoms. The molecule has 0 fully saturated rings. The number of ether oxygens (including phenoxy) is 2. The van der Waals surface area contributed by atoms with Crippen LogP contribution in [0.1, 0.15) is 12.5 Å². The normalized spacial score (nSPS) is 10.8. The molecular weight excluding hydrogens is 254 g/mol. The quantitative estimate of drug-likeness (QED) is 0.454. The molecule has 1 rings (SSSR count). The minimum atomic E-state index is 0.507. The molecule has 0 saturated heterocycles. The summed E-state index contributed by atoms with van der Waals surface area (Å²) in [4.78, 5) is 4.52. The summed E-state index contributed by atoms with van der Waals surface area (Å²) >= 11 is 0. The predicted octanol–water partition coefficient (Wildman–Crippen LogP) is 1.94. The van der Waals surface area contributed by atoms with E-state index in [2.05, 4.69) is 22.2 Å². The lowest BCUT2D eigenvalue weighted by Crippen LogP contribution is -2.37. The largest absolute Gasteiger partial charge is 0.493 e. The summed E-state index contributed by atoms with van der Waals surface area (Å²) in [6, 6.07) is 5.77. The van der Waals surface area contributed by atoms with E-state index in [4.69, 9.17) is 9.47 Å². The third kappa shape index (κ3) is 4.50. The van der Waals surface area contributed by atoms with Crippen molar-refractivity contribution in [1.82, 2.24) is 10.6 Å². The number of aliphatic imine (C=N–C) groups is 1. The van der Waals surface area contributed by atoms with Crippen LogP contribution in [-0.2, 0) is 6.54 Å². The number of rotatable bonds is 7. The van der Waals surface area contributed by atoms with Gasteiger partial charge < -0.3 is 20.1 Å². The molecule has 1 aromatic carbocycles. The van der Waals surface area contributed by atoms with Crippen molar-refractivity contribution < 1.29 is 9.47 Å². The first-order valence-corrected chi connectivity index (χ1v) is 6.59. The molecule has 0 atom stereocenters. The lowest BCUT2D eigenvalue weighted by molar-refractivity contribution is 0.352. The number of methoxy groups -OCH3 is 2. The van der Waals surface area contributed by atoms with Gasteiger partial charge in [0, 0.05) is 18.7 Å². The Morgan fingerprint density at radius 1 is 1.30 bits per heavy atom. The van der Waals surface area contributed by atoms with Gasteiger partial charge in [-0.2, -0.15) is 0 Å². The first-order chi connectivity index (χ1) is 9.76. The fourth-order valence-corrected chi connectivity index (χ4v) is 1.75. The highest BCUT2D eigenvalue weighted by Crippen LogP contribution is 2.30. The predicted molar refractivity (Wildman–Crippen MR) is 82.6 cm³/mol. The highest BCUT2D eigenvalue weighted by molar-refractivity contribution is 5.79. The summed E-state index contributed by atoms with van der Waals surface area (Å²) in [6.07, 6.45) is 1.79. The third-order valence-electron chi connectivity index (χ3n) is 2.65. The molecule has 0 aliphatic carbocycles. The van der Waals surface area contributed by atoms with E-state index in [1.807, 2.05) is 25.1 Å². The van der Waals surface area contributed by atoms with E-state index in [1.165, 1.54) is 0 Å². The molecule has 0 saturated carbocycles. The van der Waals surface area contributed by atoms with Crippen LogP contribution >= 0.6 is 0 Å². The Balaban J connectivity index is 2.87. The smallest absolute Gasteiger partial charge is 0.191 e. The van der Waals surface area contributed by atoms with Crippen molar-refractivity contribution in [2.75, 3.05) is 27.3 Å². The molecule has 5 nitrogen and oxygen atoms in total. The van der Waals surface area contributed by atoms with Crippen LogP contribution in [0, 0.1) is 0 Å². The van der Waals surface area contributed by atoms with Gasteiger partial charge >= 0.3 is 0 Å². The van der Waals surface area contributed by atoms with Gasteiger partial charge in [0.1, 0.15) is 0 Å². The molecule has 0 bridgehead atoms. The molecule has 0 heterocycles. The van der Waals surface area contributed by atoms with Crippen molar-refractivity contribution in [2.45, 2.75) is 13.5 Å². The molecule has 0 aliphatic rings. The van der Waals surface area contributed by atoms with Crippen molar-refractivity contribution in [3.8, 4) is 11.5 Å². The van der Waals surface area contributed by atoms with Gasteiger partial charge in [0.05, 0.1) is 20.8 Å². The van der Waals surface area contributed by atoms with Crippen molar-refractivity contribution in [2.24, 2.45) is 4.99 Å². The second-order valence-electron chi connectivity index (χ2n) is 4.02. The van der Waals surface area contributed by atoms with Crippen LogP contribution in [-0.4, -0.2) is 33.3 Å². The van der Waals surface area contributed by atoms with Gasteiger partial charge in [-0.05, 0) is 13.0 Å². The molecule has 0 aromatic heterocycles. The van der Waals surface area contributed by atoms with Crippen LogP contribution in [0.25, 0.3) is 0 Å². The fraction of sp³-hybridized carbons (Fsp3) is 0.400. The molecule has 0 radical (unpaired) electrons. The molecule has 0 unspecified atom stereocenters. The standard InChI is InChI=1S/C15H23N3O2/c1-5-10-17-15(16-6-2)18-11-12-8-7-9-13(19-3)14(12)20-4/h5,7-9H,1,6,10-11H2,2-4H3,(H2,16,17,18). The average Bonchev–Trinajstić information content (AvgIpc) is 2.49. The molecule has 2 N–H and O–H groups in total. The number of hydrogen-bond acceptors (Lipinski definition) is 3. The summed E-state index contributed by atoms with van der Waals surface area (Å²) in [5.41, 5.74) is 0.975. The first kappa shape index (κ1) is 15.9. The van der Waals surface area contributed by atoms with E-state index in [0.717, 1.165) is 23.8 Å². The van der Waals surface area contributed by atoms with Gasteiger partial charge in [0.15, 0.2) is 17.5 Å². The molecule has 1 aromatic rings. The Labute approximate surface area is 120 Å². The maximum Gasteiger partial charge on any atom is 0.191 e. The van der Waals surface area contributed by atoms with Crippen LogP contribution in [0.2, 0.25) is 0 Å². The van der Waals surface area contributed by atoms with E-state index >= 15 is 0 Å².